The van der Waals surface area contributed by atoms with Crippen molar-refractivity contribution in [3.8, 4) is 23.1 Å². The minimum Gasteiger partial charge on any atom is -0.437 e. The highest BCUT2D eigenvalue weighted by Crippen LogP contribution is 2.22. The molecule has 0 aliphatic heterocycles. The zero-order valence-electron chi connectivity index (χ0n) is 11.7. The summed E-state index contributed by atoms with van der Waals surface area (Å²) in [5.74, 6) is 0.356. The van der Waals surface area contributed by atoms with Gasteiger partial charge in [0, 0.05) is 11.8 Å². The van der Waals surface area contributed by atoms with Crippen molar-refractivity contribution in [1.82, 2.24) is 9.38 Å². The minimum atomic E-state index is -0.776. The van der Waals surface area contributed by atoms with E-state index in [1.165, 1.54) is 7.11 Å². The first kappa shape index (κ1) is 13.6. The van der Waals surface area contributed by atoms with Crippen LogP contribution in [0.3, 0.4) is 0 Å². The maximum Gasteiger partial charge on any atom is 0.513 e. The Morgan fingerprint density at radius 3 is 2.91 bits per heavy atom. The number of benzene rings is 1. The van der Waals surface area contributed by atoms with Gasteiger partial charge in [0.15, 0.2) is 5.75 Å². The number of hydrogen-bond donors (Lipinski definition) is 0. The van der Waals surface area contributed by atoms with Crippen LogP contribution in [0.2, 0.25) is 0 Å². The summed E-state index contributed by atoms with van der Waals surface area (Å²) in [6.45, 7) is 0. The van der Waals surface area contributed by atoms with Gasteiger partial charge in [-0.05, 0) is 24.3 Å². The van der Waals surface area contributed by atoms with Gasteiger partial charge in [0.2, 0.25) is 0 Å². The fourth-order valence-electron chi connectivity index (χ4n) is 2.06. The van der Waals surface area contributed by atoms with Crippen molar-refractivity contribution in [2.45, 2.75) is 0 Å². The van der Waals surface area contributed by atoms with Crippen molar-refractivity contribution in [2.24, 2.45) is 0 Å². The molecule has 6 heteroatoms. The summed E-state index contributed by atoms with van der Waals surface area (Å²) in [6, 6.07) is 12.7. The maximum absolute atomic E-state index is 11.1. The molecule has 0 N–H and O–H groups in total. The summed E-state index contributed by atoms with van der Waals surface area (Å²) < 4.78 is 11.2. The van der Waals surface area contributed by atoms with Gasteiger partial charge < -0.3 is 13.9 Å². The van der Waals surface area contributed by atoms with Gasteiger partial charge in [-0.2, -0.15) is 5.26 Å². The zero-order chi connectivity index (χ0) is 15.5. The lowest BCUT2D eigenvalue weighted by Crippen LogP contribution is -2.07. The molecule has 0 aliphatic carbocycles. The van der Waals surface area contributed by atoms with Gasteiger partial charge in [-0.25, -0.2) is 9.78 Å². The van der Waals surface area contributed by atoms with Gasteiger partial charge in [0.25, 0.3) is 0 Å². The van der Waals surface area contributed by atoms with E-state index in [2.05, 4.69) is 15.8 Å². The highest BCUT2D eigenvalue weighted by atomic mass is 16.7. The van der Waals surface area contributed by atoms with Crippen LogP contribution in [0.4, 0.5) is 4.79 Å². The highest BCUT2D eigenvalue weighted by molar-refractivity contribution is 5.66. The molecule has 0 saturated carbocycles. The molecule has 0 amide bonds. The maximum atomic E-state index is 11.1. The number of ether oxygens (including phenoxy) is 2. The third kappa shape index (κ3) is 2.60. The number of carbonyl (C=O) groups is 1. The number of rotatable bonds is 2. The SMILES string of the molecule is COC(=O)Oc1ccc2nc(-c3cccc(C#N)c3)cn2c1. The molecule has 0 fully saturated rings. The molecule has 0 aliphatic rings. The molecule has 0 atom stereocenters. The molecule has 22 heavy (non-hydrogen) atoms. The minimum absolute atomic E-state index is 0.356. The van der Waals surface area contributed by atoms with E-state index in [9.17, 15) is 4.79 Å². The van der Waals surface area contributed by atoms with Crippen LogP contribution in [-0.2, 0) is 4.74 Å². The molecule has 2 heterocycles. The van der Waals surface area contributed by atoms with Crippen LogP contribution in [0.1, 0.15) is 5.56 Å². The smallest absolute Gasteiger partial charge is 0.437 e. The predicted molar refractivity (Wildman–Crippen MR) is 78.4 cm³/mol. The fraction of sp³-hybridized carbons (Fsp3) is 0.0625. The van der Waals surface area contributed by atoms with Gasteiger partial charge in [-0.3, -0.25) is 0 Å². The fourth-order valence-corrected chi connectivity index (χ4v) is 2.06. The van der Waals surface area contributed by atoms with Crippen LogP contribution >= 0.6 is 0 Å². The molecule has 0 radical (unpaired) electrons. The normalized spacial score (nSPS) is 10.2. The Bertz CT molecular complexity index is 893. The van der Waals surface area contributed by atoms with E-state index < -0.39 is 6.16 Å². The number of nitrogens with zero attached hydrogens (tertiary/aromatic N) is 3. The van der Waals surface area contributed by atoms with E-state index in [0.29, 0.717) is 17.0 Å². The number of hydrogen-bond acceptors (Lipinski definition) is 5. The number of carbonyl (C=O) groups excluding carboxylic acids is 1. The average Bonchev–Trinajstić information content (AvgIpc) is 2.98. The number of fused-ring (bicyclic) bond motifs is 1. The Labute approximate surface area is 126 Å². The lowest BCUT2D eigenvalue weighted by molar-refractivity contribution is 0.121. The van der Waals surface area contributed by atoms with E-state index in [0.717, 1.165) is 11.3 Å². The van der Waals surface area contributed by atoms with E-state index in [4.69, 9.17) is 10.00 Å². The molecule has 0 unspecified atom stereocenters. The highest BCUT2D eigenvalue weighted by Gasteiger charge is 2.08. The van der Waals surface area contributed by atoms with E-state index >= 15 is 0 Å². The molecule has 6 nitrogen and oxygen atoms in total. The van der Waals surface area contributed by atoms with Crippen LogP contribution < -0.4 is 4.74 Å². The summed E-state index contributed by atoms with van der Waals surface area (Å²) in [5, 5.41) is 8.96. The van der Waals surface area contributed by atoms with Crippen LogP contribution in [0.25, 0.3) is 16.9 Å². The van der Waals surface area contributed by atoms with Crippen molar-refractivity contribution in [1.29, 1.82) is 5.26 Å². The van der Waals surface area contributed by atoms with Gasteiger partial charge in [-0.1, -0.05) is 12.1 Å². The summed E-state index contributed by atoms with van der Waals surface area (Å²) in [4.78, 5) is 15.6. The first-order valence-corrected chi connectivity index (χ1v) is 6.44. The van der Waals surface area contributed by atoms with Crippen LogP contribution in [0, 0.1) is 11.3 Å². The molecular weight excluding hydrogens is 282 g/mol. The summed E-state index contributed by atoms with van der Waals surface area (Å²) in [5.41, 5.74) is 2.85. The lowest BCUT2D eigenvalue weighted by atomic mass is 10.1. The van der Waals surface area contributed by atoms with Crippen molar-refractivity contribution < 1.29 is 14.3 Å². The number of methoxy groups -OCH3 is 1. The van der Waals surface area contributed by atoms with Crippen molar-refractivity contribution >= 4 is 11.8 Å². The Kier molecular flexibility index (Phi) is 3.46. The Balaban J connectivity index is 1.99. The quantitative estimate of drug-likeness (QED) is 0.679. The second kappa shape index (κ2) is 5.58. The third-order valence-corrected chi connectivity index (χ3v) is 3.08. The average molecular weight is 293 g/mol. The molecule has 108 valence electrons. The number of aromatic nitrogens is 2. The molecule has 0 bridgehead atoms. The van der Waals surface area contributed by atoms with Crippen LogP contribution in [-0.4, -0.2) is 22.6 Å². The standard InChI is InChI=1S/C16H11N3O3/c1-21-16(20)22-13-5-6-15-18-14(10-19(15)9-13)12-4-2-3-11(7-12)8-17/h2-7,9-10H,1H3. The van der Waals surface area contributed by atoms with E-state index in [1.54, 1.807) is 41.1 Å². The Morgan fingerprint density at radius 1 is 1.27 bits per heavy atom. The third-order valence-electron chi connectivity index (χ3n) is 3.08. The first-order valence-electron chi connectivity index (χ1n) is 6.44. The van der Waals surface area contributed by atoms with Crippen molar-refractivity contribution in [3.05, 3.63) is 54.4 Å². The molecular formula is C16H11N3O3. The second-order valence-corrected chi connectivity index (χ2v) is 4.51. The molecule has 0 spiro atoms. The molecule has 2 aromatic heterocycles. The first-order chi connectivity index (χ1) is 10.7. The number of nitriles is 1. The molecule has 3 rings (SSSR count). The van der Waals surface area contributed by atoms with E-state index in [-0.39, 0.29) is 0 Å². The Morgan fingerprint density at radius 2 is 2.14 bits per heavy atom. The van der Waals surface area contributed by atoms with Gasteiger partial charge in [0.1, 0.15) is 5.65 Å². The topological polar surface area (TPSA) is 76.6 Å². The van der Waals surface area contributed by atoms with Crippen molar-refractivity contribution in [2.75, 3.05) is 7.11 Å². The van der Waals surface area contributed by atoms with Crippen molar-refractivity contribution in [3.63, 3.8) is 0 Å². The monoisotopic (exact) mass is 293 g/mol. The van der Waals surface area contributed by atoms with Gasteiger partial charge in [-0.15, -0.1) is 0 Å². The molecule has 1 aromatic carbocycles. The largest absolute Gasteiger partial charge is 0.513 e. The number of imidazole rings is 1. The van der Waals surface area contributed by atoms with Crippen LogP contribution in [0.15, 0.2) is 48.8 Å². The zero-order valence-corrected chi connectivity index (χ0v) is 11.7. The van der Waals surface area contributed by atoms with E-state index in [1.807, 2.05) is 12.1 Å². The van der Waals surface area contributed by atoms with Gasteiger partial charge >= 0.3 is 6.16 Å². The van der Waals surface area contributed by atoms with Gasteiger partial charge in [0.05, 0.1) is 30.6 Å². The predicted octanol–water partition coefficient (Wildman–Crippen LogP) is 3.02. The summed E-state index contributed by atoms with van der Waals surface area (Å²) >= 11 is 0. The lowest BCUT2D eigenvalue weighted by Gasteiger charge is -2.02. The van der Waals surface area contributed by atoms with Crippen LogP contribution in [0.5, 0.6) is 5.75 Å². The summed E-state index contributed by atoms with van der Waals surface area (Å²) in [7, 11) is 1.25. The molecule has 3 aromatic rings. The Hall–Kier alpha value is -3.33. The second-order valence-electron chi connectivity index (χ2n) is 4.51. The summed E-state index contributed by atoms with van der Waals surface area (Å²) in [6.07, 6.45) is 2.66. The number of pyridine rings is 1. The molecule has 0 saturated heterocycles.